The van der Waals surface area contributed by atoms with E-state index in [4.69, 9.17) is 9.84 Å². The minimum atomic E-state index is -0.694. The number of aliphatic carboxylic acids is 1. The first kappa shape index (κ1) is 15.7. The molecule has 2 aliphatic heterocycles. The molecule has 1 N–H and O–H groups in total. The Labute approximate surface area is 148 Å². The molecule has 1 saturated carbocycles. The summed E-state index contributed by atoms with van der Waals surface area (Å²) in [5.74, 6) is -0.116. The van der Waals surface area contributed by atoms with Gasteiger partial charge in [0.1, 0.15) is 12.4 Å². The fraction of sp³-hybridized carbons (Fsp3) is 0.444. The first-order valence-electron chi connectivity index (χ1n) is 8.13. The Kier molecular flexibility index (Phi) is 3.67. The van der Waals surface area contributed by atoms with Crippen molar-refractivity contribution in [3.05, 3.63) is 33.8 Å². The molecule has 3 aliphatic rings. The van der Waals surface area contributed by atoms with E-state index in [1.54, 1.807) is 0 Å². The van der Waals surface area contributed by atoms with Gasteiger partial charge in [0.15, 0.2) is 0 Å². The third-order valence-electron chi connectivity index (χ3n) is 5.49. The molecule has 126 valence electrons. The third kappa shape index (κ3) is 2.62. The van der Waals surface area contributed by atoms with Gasteiger partial charge in [-0.05, 0) is 49.0 Å². The highest BCUT2D eigenvalue weighted by Crippen LogP contribution is 2.59. The molecule has 1 amide bonds. The van der Waals surface area contributed by atoms with E-state index >= 15 is 0 Å². The van der Waals surface area contributed by atoms with Gasteiger partial charge < -0.3 is 14.7 Å². The number of piperidine rings is 1. The number of ether oxygens (including phenoxy) is 1. The lowest BCUT2D eigenvalue weighted by molar-refractivity contribution is -0.139. The molecule has 0 radical (unpaired) electrons. The van der Waals surface area contributed by atoms with Crippen molar-refractivity contribution in [2.45, 2.75) is 19.3 Å². The summed E-state index contributed by atoms with van der Waals surface area (Å²) in [6.07, 6.45) is 4.23. The number of nitrogens with zero attached hydrogens (tertiary/aromatic N) is 1. The minimum Gasteiger partial charge on any atom is -0.488 e. The van der Waals surface area contributed by atoms with Crippen LogP contribution in [0.3, 0.4) is 0 Å². The maximum Gasteiger partial charge on any atom is 0.307 e. The van der Waals surface area contributed by atoms with Crippen LogP contribution in [0, 0.1) is 11.3 Å². The smallest absolute Gasteiger partial charge is 0.307 e. The van der Waals surface area contributed by atoms with Gasteiger partial charge in [-0.15, -0.1) is 0 Å². The van der Waals surface area contributed by atoms with Crippen LogP contribution in [0.4, 0.5) is 0 Å². The van der Waals surface area contributed by atoms with Gasteiger partial charge in [0, 0.05) is 23.1 Å². The van der Waals surface area contributed by atoms with E-state index in [0.717, 1.165) is 35.0 Å². The highest BCUT2D eigenvalue weighted by Gasteiger charge is 2.59. The lowest BCUT2D eigenvalue weighted by Gasteiger charge is -2.33. The van der Waals surface area contributed by atoms with Gasteiger partial charge in [-0.3, -0.25) is 9.59 Å². The number of carbonyl (C=O) groups is 2. The van der Waals surface area contributed by atoms with E-state index in [1.807, 2.05) is 29.2 Å². The van der Waals surface area contributed by atoms with Crippen LogP contribution in [0.15, 0.2) is 28.2 Å². The normalized spacial score (nSPS) is 24.0. The van der Waals surface area contributed by atoms with E-state index in [-0.39, 0.29) is 23.8 Å². The van der Waals surface area contributed by atoms with E-state index in [0.29, 0.717) is 18.7 Å². The second-order valence-corrected chi connectivity index (χ2v) is 7.81. The van der Waals surface area contributed by atoms with Gasteiger partial charge in [0.2, 0.25) is 0 Å². The molecule has 1 aromatic carbocycles. The summed E-state index contributed by atoms with van der Waals surface area (Å²) in [6, 6.07) is 5.74. The lowest BCUT2D eigenvalue weighted by Crippen LogP contribution is -2.41. The lowest BCUT2D eigenvalue weighted by atomic mass is 9.90. The van der Waals surface area contributed by atoms with Crippen LogP contribution < -0.4 is 4.74 Å². The molecule has 6 heteroatoms. The Morgan fingerprint density at radius 1 is 1.29 bits per heavy atom. The molecule has 2 fully saturated rings. The molecule has 4 rings (SSSR count). The van der Waals surface area contributed by atoms with Crippen LogP contribution >= 0.6 is 15.9 Å². The van der Waals surface area contributed by atoms with Crippen molar-refractivity contribution < 1.29 is 19.4 Å². The van der Waals surface area contributed by atoms with Crippen molar-refractivity contribution in [3.8, 4) is 5.75 Å². The number of rotatable bonds is 2. The summed E-state index contributed by atoms with van der Waals surface area (Å²) in [7, 11) is 0. The monoisotopic (exact) mass is 391 g/mol. The maximum absolute atomic E-state index is 12.7. The fourth-order valence-corrected chi connectivity index (χ4v) is 4.26. The van der Waals surface area contributed by atoms with Crippen molar-refractivity contribution in [1.82, 2.24) is 4.90 Å². The Hall–Kier alpha value is -1.82. The predicted molar refractivity (Wildman–Crippen MR) is 91.6 cm³/mol. The molecule has 1 saturated heterocycles. The first-order chi connectivity index (χ1) is 11.5. The largest absolute Gasteiger partial charge is 0.488 e. The Morgan fingerprint density at radius 2 is 2.04 bits per heavy atom. The van der Waals surface area contributed by atoms with Crippen molar-refractivity contribution >= 4 is 33.9 Å². The SMILES string of the molecule is O=C(O)C1CC12CCN(C(=O)C1=Cc3cc(Br)ccc3OC1)CC2. The topological polar surface area (TPSA) is 66.8 Å². The van der Waals surface area contributed by atoms with Crippen molar-refractivity contribution in [1.29, 1.82) is 0 Å². The molecule has 5 nitrogen and oxygen atoms in total. The number of amides is 1. The molecule has 24 heavy (non-hydrogen) atoms. The second kappa shape index (κ2) is 5.62. The van der Waals surface area contributed by atoms with E-state index in [2.05, 4.69) is 15.9 Å². The van der Waals surface area contributed by atoms with Gasteiger partial charge in [0.05, 0.1) is 11.5 Å². The Morgan fingerprint density at radius 3 is 2.71 bits per heavy atom. The van der Waals surface area contributed by atoms with E-state index in [9.17, 15) is 9.59 Å². The van der Waals surface area contributed by atoms with Crippen molar-refractivity contribution in [2.75, 3.05) is 19.7 Å². The fourth-order valence-electron chi connectivity index (χ4n) is 3.88. The second-order valence-electron chi connectivity index (χ2n) is 6.89. The third-order valence-corrected chi connectivity index (χ3v) is 5.99. The number of halogens is 1. The molecule has 1 aromatic rings. The molecular weight excluding hydrogens is 374 g/mol. The molecule has 0 bridgehead atoms. The standard InChI is InChI=1S/C18H18BrNO4/c19-13-1-2-15-11(8-13)7-12(10-24-15)16(21)20-5-3-18(4-6-20)9-14(18)17(22)23/h1-2,7-8,14H,3-6,9-10H2,(H,22,23). The van der Waals surface area contributed by atoms with Crippen molar-refractivity contribution in [3.63, 3.8) is 0 Å². The zero-order valence-electron chi connectivity index (χ0n) is 13.1. The number of carboxylic acids is 1. The molecule has 1 unspecified atom stereocenters. The number of fused-ring (bicyclic) bond motifs is 1. The number of carbonyl (C=O) groups excluding carboxylic acids is 1. The van der Waals surface area contributed by atoms with Crippen molar-refractivity contribution in [2.24, 2.45) is 11.3 Å². The molecular formula is C18H18BrNO4. The highest BCUT2D eigenvalue weighted by molar-refractivity contribution is 9.10. The number of likely N-dealkylation sites (tertiary alicyclic amines) is 1. The van der Waals surface area contributed by atoms with Crippen LogP contribution in [0.1, 0.15) is 24.8 Å². The first-order valence-corrected chi connectivity index (χ1v) is 8.93. The van der Waals surface area contributed by atoms with Crippen LogP contribution in [0.5, 0.6) is 5.75 Å². The van der Waals surface area contributed by atoms with Crippen LogP contribution in [-0.2, 0) is 9.59 Å². The highest BCUT2D eigenvalue weighted by atomic mass is 79.9. The quantitative estimate of drug-likeness (QED) is 0.841. The molecule has 0 aromatic heterocycles. The van der Waals surface area contributed by atoms with Crippen LogP contribution in [-0.4, -0.2) is 41.6 Å². The van der Waals surface area contributed by atoms with Crippen LogP contribution in [0.25, 0.3) is 6.08 Å². The predicted octanol–water partition coefficient (Wildman–Crippen LogP) is 2.94. The van der Waals surface area contributed by atoms with Gasteiger partial charge >= 0.3 is 5.97 Å². The van der Waals surface area contributed by atoms with Gasteiger partial charge in [-0.25, -0.2) is 0 Å². The number of benzene rings is 1. The summed E-state index contributed by atoms with van der Waals surface area (Å²) in [4.78, 5) is 25.7. The number of hydrogen-bond acceptors (Lipinski definition) is 3. The summed E-state index contributed by atoms with van der Waals surface area (Å²) in [6.45, 7) is 1.55. The molecule has 1 spiro atoms. The van der Waals surface area contributed by atoms with E-state index < -0.39 is 5.97 Å². The average Bonchev–Trinajstić information content (AvgIpc) is 3.28. The zero-order chi connectivity index (χ0) is 16.9. The number of carboxylic acid groups (broad SMARTS) is 1. The summed E-state index contributed by atoms with van der Waals surface area (Å²) >= 11 is 3.43. The van der Waals surface area contributed by atoms with Gasteiger partial charge in [0.25, 0.3) is 5.91 Å². The van der Waals surface area contributed by atoms with Gasteiger partial charge in [-0.2, -0.15) is 0 Å². The summed E-state index contributed by atoms with van der Waals surface area (Å²) in [5.41, 5.74) is 1.50. The summed E-state index contributed by atoms with van der Waals surface area (Å²) < 4.78 is 6.64. The van der Waals surface area contributed by atoms with E-state index in [1.165, 1.54) is 0 Å². The van der Waals surface area contributed by atoms with Gasteiger partial charge in [-0.1, -0.05) is 15.9 Å². The van der Waals surface area contributed by atoms with Crippen LogP contribution in [0.2, 0.25) is 0 Å². The maximum atomic E-state index is 12.7. The Bertz CT molecular complexity index is 749. The Balaban J connectivity index is 1.45. The zero-order valence-corrected chi connectivity index (χ0v) is 14.7. The molecule has 1 aliphatic carbocycles. The molecule has 2 heterocycles. The minimum absolute atomic E-state index is 0.00278. The average molecular weight is 392 g/mol. The molecule has 1 atom stereocenters. The number of hydrogen-bond donors (Lipinski definition) is 1. The summed E-state index contributed by atoms with van der Waals surface area (Å²) in [5, 5.41) is 9.16.